The molecular formula is C15H20ClFN2. The van der Waals surface area contributed by atoms with Crippen molar-refractivity contribution in [2.45, 2.75) is 31.8 Å². The molecule has 0 spiro atoms. The summed E-state index contributed by atoms with van der Waals surface area (Å²) in [5.41, 5.74) is 1.10. The van der Waals surface area contributed by atoms with Gasteiger partial charge in [0.1, 0.15) is 5.82 Å². The average molecular weight is 283 g/mol. The number of benzene rings is 1. The lowest BCUT2D eigenvalue weighted by atomic mass is 10.0. The van der Waals surface area contributed by atoms with Crippen molar-refractivity contribution < 1.29 is 4.39 Å². The highest BCUT2D eigenvalue weighted by molar-refractivity contribution is 6.30. The summed E-state index contributed by atoms with van der Waals surface area (Å²) in [5, 5.41) is 0.227. The molecule has 104 valence electrons. The molecule has 2 aliphatic heterocycles. The Morgan fingerprint density at radius 1 is 1.16 bits per heavy atom. The lowest BCUT2D eigenvalue weighted by molar-refractivity contribution is 0.0186. The molecule has 0 saturated carbocycles. The van der Waals surface area contributed by atoms with Crippen molar-refractivity contribution in [2.24, 2.45) is 0 Å². The summed E-state index contributed by atoms with van der Waals surface area (Å²) in [5.74, 6) is -0.333. The highest BCUT2D eigenvalue weighted by Gasteiger charge is 2.31. The number of piperidine rings is 1. The van der Waals surface area contributed by atoms with Crippen LogP contribution in [0.25, 0.3) is 0 Å². The molecule has 4 heteroatoms. The molecule has 1 aromatic carbocycles. The zero-order valence-electron chi connectivity index (χ0n) is 11.1. The van der Waals surface area contributed by atoms with E-state index in [4.69, 9.17) is 11.6 Å². The molecule has 0 aliphatic carbocycles. The molecule has 0 unspecified atom stereocenters. The quantitative estimate of drug-likeness (QED) is 0.840. The molecule has 2 nitrogen and oxygen atoms in total. The van der Waals surface area contributed by atoms with E-state index >= 15 is 0 Å². The van der Waals surface area contributed by atoms with Crippen LogP contribution >= 0.6 is 11.6 Å². The minimum Gasteiger partial charge on any atom is -0.298 e. The Balaban J connectivity index is 1.49. The van der Waals surface area contributed by atoms with Crippen LogP contribution in [0.4, 0.5) is 4.39 Å². The van der Waals surface area contributed by atoms with Gasteiger partial charge in [-0.25, -0.2) is 4.39 Å². The van der Waals surface area contributed by atoms with Crippen LogP contribution in [0.5, 0.6) is 0 Å². The number of halogens is 2. The van der Waals surface area contributed by atoms with Crippen LogP contribution in [0, 0.1) is 5.82 Å². The first-order chi connectivity index (χ1) is 9.22. The second-order valence-electron chi connectivity index (χ2n) is 5.69. The van der Waals surface area contributed by atoms with Crippen LogP contribution < -0.4 is 0 Å². The molecule has 1 aromatic rings. The van der Waals surface area contributed by atoms with Gasteiger partial charge in [-0.15, -0.1) is 0 Å². The SMILES string of the molecule is Fc1ccc(CN2CC(N3CCCCC3)C2)cc1Cl. The standard InChI is InChI=1S/C15H20ClFN2/c16-14-8-12(4-5-15(14)17)9-18-10-13(11-18)19-6-2-1-3-7-19/h4-5,8,13H,1-3,6-7,9-11H2. The maximum Gasteiger partial charge on any atom is 0.141 e. The minimum atomic E-state index is -0.333. The van der Waals surface area contributed by atoms with Crippen LogP contribution in [-0.2, 0) is 6.54 Å². The summed E-state index contributed by atoms with van der Waals surface area (Å²) in [7, 11) is 0. The van der Waals surface area contributed by atoms with E-state index < -0.39 is 0 Å². The Labute approximate surface area is 119 Å². The second-order valence-corrected chi connectivity index (χ2v) is 6.10. The van der Waals surface area contributed by atoms with Crippen LogP contribution in [0.3, 0.4) is 0 Å². The molecule has 2 heterocycles. The van der Waals surface area contributed by atoms with Gasteiger partial charge in [0, 0.05) is 25.7 Å². The molecule has 0 bridgehead atoms. The molecule has 2 saturated heterocycles. The Kier molecular flexibility index (Phi) is 4.06. The van der Waals surface area contributed by atoms with Crippen molar-refractivity contribution in [3.8, 4) is 0 Å². The van der Waals surface area contributed by atoms with Gasteiger partial charge >= 0.3 is 0 Å². The van der Waals surface area contributed by atoms with Gasteiger partial charge in [-0.05, 0) is 43.6 Å². The Hall–Kier alpha value is -0.640. The van der Waals surface area contributed by atoms with Gasteiger partial charge in [0.25, 0.3) is 0 Å². The van der Waals surface area contributed by atoms with E-state index in [0.29, 0.717) is 0 Å². The number of hydrogen-bond donors (Lipinski definition) is 0. The third-order valence-electron chi connectivity index (χ3n) is 4.24. The Bertz CT molecular complexity index is 440. The molecule has 2 fully saturated rings. The van der Waals surface area contributed by atoms with Gasteiger partial charge in [-0.1, -0.05) is 24.1 Å². The number of rotatable bonds is 3. The molecule has 3 rings (SSSR count). The first-order valence-corrected chi connectivity index (χ1v) is 7.50. The van der Waals surface area contributed by atoms with Crippen LogP contribution in [0.1, 0.15) is 24.8 Å². The second kappa shape index (κ2) is 5.78. The number of hydrogen-bond acceptors (Lipinski definition) is 2. The number of nitrogens with zero attached hydrogens (tertiary/aromatic N) is 2. The summed E-state index contributed by atoms with van der Waals surface area (Å²) < 4.78 is 13.1. The van der Waals surface area contributed by atoms with Gasteiger partial charge in [-0.2, -0.15) is 0 Å². The van der Waals surface area contributed by atoms with E-state index in [9.17, 15) is 4.39 Å². The largest absolute Gasteiger partial charge is 0.298 e. The van der Waals surface area contributed by atoms with Crippen molar-refractivity contribution in [3.05, 3.63) is 34.6 Å². The van der Waals surface area contributed by atoms with Crippen molar-refractivity contribution in [1.29, 1.82) is 0 Å². The topological polar surface area (TPSA) is 6.48 Å². The predicted molar refractivity (Wildman–Crippen MR) is 75.9 cm³/mol. The van der Waals surface area contributed by atoms with Crippen LogP contribution in [0.15, 0.2) is 18.2 Å². The van der Waals surface area contributed by atoms with E-state index in [2.05, 4.69) is 9.80 Å². The fraction of sp³-hybridized carbons (Fsp3) is 0.600. The summed E-state index contributed by atoms with van der Waals surface area (Å²) in [6.45, 7) is 5.68. The lowest BCUT2D eigenvalue weighted by Gasteiger charge is -2.46. The maximum absolute atomic E-state index is 13.1. The summed E-state index contributed by atoms with van der Waals surface area (Å²) >= 11 is 5.81. The average Bonchev–Trinajstić information content (AvgIpc) is 2.38. The van der Waals surface area contributed by atoms with E-state index in [1.807, 2.05) is 6.07 Å². The fourth-order valence-electron chi connectivity index (χ4n) is 3.08. The molecule has 0 aromatic heterocycles. The summed E-state index contributed by atoms with van der Waals surface area (Å²) in [4.78, 5) is 5.03. The van der Waals surface area contributed by atoms with Crippen molar-refractivity contribution in [2.75, 3.05) is 26.2 Å². The van der Waals surface area contributed by atoms with E-state index in [1.165, 1.54) is 38.4 Å². The molecule has 0 N–H and O–H groups in total. The Morgan fingerprint density at radius 3 is 2.58 bits per heavy atom. The highest BCUT2D eigenvalue weighted by Crippen LogP contribution is 2.23. The predicted octanol–water partition coefficient (Wildman–Crippen LogP) is 3.15. The fourth-order valence-corrected chi connectivity index (χ4v) is 3.29. The van der Waals surface area contributed by atoms with Gasteiger partial charge in [0.15, 0.2) is 0 Å². The Morgan fingerprint density at radius 2 is 1.89 bits per heavy atom. The van der Waals surface area contributed by atoms with Gasteiger partial charge < -0.3 is 0 Å². The first-order valence-electron chi connectivity index (χ1n) is 7.13. The summed E-state index contributed by atoms with van der Waals surface area (Å²) in [6, 6.07) is 5.76. The lowest BCUT2D eigenvalue weighted by Crippen LogP contribution is -2.59. The highest BCUT2D eigenvalue weighted by atomic mass is 35.5. The van der Waals surface area contributed by atoms with Crippen LogP contribution in [-0.4, -0.2) is 42.0 Å². The number of likely N-dealkylation sites (tertiary alicyclic amines) is 2. The van der Waals surface area contributed by atoms with Gasteiger partial charge in [-0.3, -0.25) is 9.80 Å². The van der Waals surface area contributed by atoms with E-state index in [0.717, 1.165) is 31.2 Å². The molecule has 0 radical (unpaired) electrons. The monoisotopic (exact) mass is 282 g/mol. The van der Waals surface area contributed by atoms with Gasteiger partial charge in [0.2, 0.25) is 0 Å². The zero-order valence-corrected chi connectivity index (χ0v) is 11.9. The van der Waals surface area contributed by atoms with E-state index in [1.54, 1.807) is 6.07 Å². The smallest absolute Gasteiger partial charge is 0.141 e. The summed E-state index contributed by atoms with van der Waals surface area (Å²) in [6.07, 6.45) is 4.09. The molecule has 0 amide bonds. The molecular weight excluding hydrogens is 263 g/mol. The first kappa shape index (κ1) is 13.3. The third-order valence-corrected chi connectivity index (χ3v) is 4.52. The molecule has 2 aliphatic rings. The molecule has 0 atom stereocenters. The van der Waals surface area contributed by atoms with Crippen LogP contribution in [0.2, 0.25) is 5.02 Å². The molecule has 19 heavy (non-hydrogen) atoms. The normalized spacial score (nSPS) is 22.4. The van der Waals surface area contributed by atoms with Crippen molar-refractivity contribution in [1.82, 2.24) is 9.80 Å². The minimum absolute atomic E-state index is 0.227. The van der Waals surface area contributed by atoms with Crippen molar-refractivity contribution >= 4 is 11.6 Å². The van der Waals surface area contributed by atoms with E-state index in [-0.39, 0.29) is 10.8 Å². The maximum atomic E-state index is 13.1. The van der Waals surface area contributed by atoms with Gasteiger partial charge in [0.05, 0.1) is 5.02 Å². The zero-order chi connectivity index (χ0) is 13.2. The third kappa shape index (κ3) is 3.10. The van der Waals surface area contributed by atoms with Crippen molar-refractivity contribution in [3.63, 3.8) is 0 Å².